The molecule has 41 heavy (non-hydrogen) atoms. The number of fused-ring (bicyclic) bond motifs is 2. The Bertz CT molecular complexity index is 1140. The highest BCUT2D eigenvalue weighted by Gasteiger charge is 2.49. The molecule has 0 aromatic carbocycles. The summed E-state index contributed by atoms with van der Waals surface area (Å²) in [4.78, 5) is 61.1. The van der Waals surface area contributed by atoms with Crippen LogP contribution in [0, 0.1) is 11.3 Å². The molecule has 2 N–H and O–H groups in total. The highest BCUT2D eigenvalue weighted by molar-refractivity contribution is 5.70. The Hall–Kier alpha value is -3.51. The van der Waals surface area contributed by atoms with Gasteiger partial charge in [-0.2, -0.15) is 0 Å². The van der Waals surface area contributed by atoms with Gasteiger partial charge in [-0.15, -0.1) is 0 Å². The molecule has 0 spiro atoms. The van der Waals surface area contributed by atoms with E-state index in [1.165, 1.54) is 33.8 Å². The van der Waals surface area contributed by atoms with Crippen molar-refractivity contribution in [2.24, 2.45) is 11.3 Å². The van der Waals surface area contributed by atoms with Crippen LogP contribution in [0.5, 0.6) is 0 Å². The van der Waals surface area contributed by atoms with Gasteiger partial charge in [-0.1, -0.05) is 13.8 Å². The predicted octanol–water partition coefficient (Wildman–Crippen LogP) is 2.21. The second kappa shape index (κ2) is 13.9. The SMILES string of the molecule is CC(=O)OC1=C(C)C(OC(C)=O)CC(O)C(CO)=CC(OC(C)=O)C2CC(OC(C)=O)C=C(C1OC(C)=O)C2(C)C. The first-order chi connectivity index (χ1) is 19.0. The Balaban J connectivity index is 3.05. The van der Waals surface area contributed by atoms with Crippen molar-refractivity contribution in [3.05, 3.63) is 34.6 Å². The van der Waals surface area contributed by atoms with Gasteiger partial charge in [0.15, 0.2) is 11.9 Å². The molecule has 6 atom stereocenters. The summed E-state index contributed by atoms with van der Waals surface area (Å²) >= 11 is 0. The van der Waals surface area contributed by atoms with Crippen LogP contribution in [-0.2, 0) is 47.7 Å². The van der Waals surface area contributed by atoms with Crippen LogP contribution < -0.4 is 0 Å². The predicted molar refractivity (Wildman–Crippen MR) is 142 cm³/mol. The quantitative estimate of drug-likeness (QED) is 0.267. The number of aliphatic hydroxyl groups excluding tert-OH is 2. The lowest BCUT2D eigenvalue weighted by molar-refractivity contribution is -0.155. The summed E-state index contributed by atoms with van der Waals surface area (Å²) in [5.74, 6) is -4.25. The monoisotopic (exact) mass is 580 g/mol. The van der Waals surface area contributed by atoms with Crippen LogP contribution in [0.2, 0.25) is 0 Å². The molecule has 2 rings (SSSR count). The van der Waals surface area contributed by atoms with Crippen molar-refractivity contribution in [3.8, 4) is 0 Å². The molecule has 2 bridgehead atoms. The van der Waals surface area contributed by atoms with Gasteiger partial charge in [-0.3, -0.25) is 24.0 Å². The van der Waals surface area contributed by atoms with Crippen LogP contribution in [-0.4, -0.2) is 77.2 Å². The Morgan fingerprint density at radius 3 is 1.88 bits per heavy atom. The normalized spacial score (nSPS) is 28.0. The van der Waals surface area contributed by atoms with Gasteiger partial charge in [-0.25, -0.2) is 0 Å². The van der Waals surface area contributed by atoms with Gasteiger partial charge in [0.25, 0.3) is 0 Å². The Kier molecular flexibility index (Phi) is 11.4. The van der Waals surface area contributed by atoms with E-state index in [4.69, 9.17) is 23.7 Å². The molecule has 0 radical (unpaired) electrons. The highest BCUT2D eigenvalue weighted by Crippen LogP contribution is 2.49. The minimum atomic E-state index is -1.39. The van der Waals surface area contributed by atoms with Crippen LogP contribution in [0.3, 0.4) is 0 Å². The largest absolute Gasteiger partial charge is 0.458 e. The summed E-state index contributed by atoms with van der Waals surface area (Å²) in [6, 6.07) is 0. The minimum Gasteiger partial charge on any atom is -0.458 e. The van der Waals surface area contributed by atoms with E-state index < -0.39 is 78.3 Å². The molecule has 0 saturated carbocycles. The van der Waals surface area contributed by atoms with E-state index in [1.807, 2.05) is 0 Å². The third-order valence-electron chi connectivity index (χ3n) is 7.20. The van der Waals surface area contributed by atoms with Crippen molar-refractivity contribution in [2.75, 3.05) is 6.61 Å². The number of hydrogen-bond acceptors (Lipinski definition) is 12. The molecule has 0 saturated heterocycles. The van der Waals surface area contributed by atoms with E-state index in [2.05, 4.69) is 0 Å². The van der Waals surface area contributed by atoms with Crippen LogP contribution in [0.15, 0.2) is 34.6 Å². The van der Waals surface area contributed by atoms with Crippen LogP contribution in [0.4, 0.5) is 0 Å². The van der Waals surface area contributed by atoms with Crippen molar-refractivity contribution < 1.29 is 57.9 Å². The van der Waals surface area contributed by atoms with Crippen molar-refractivity contribution in [1.82, 2.24) is 0 Å². The average Bonchev–Trinajstić information content (AvgIpc) is 2.82. The molecule has 0 amide bonds. The number of carbonyl (C=O) groups is 5. The number of carbonyl (C=O) groups excluding carboxylic acids is 5. The summed E-state index contributed by atoms with van der Waals surface area (Å²) in [6.45, 7) is 10.4. The maximum atomic E-state index is 12.4. The number of aliphatic hydroxyl groups is 2. The summed E-state index contributed by atoms with van der Waals surface area (Å²) in [6.07, 6.45) is -2.94. The lowest BCUT2D eigenvalue weighted by Gasteiger charge is -2.47. The maximum Gasteiger partial charge on any atom is 0.307 e. The lowest BCUT2D eigenvalue weighted by Crippen LogP contribution is -2.47. The smallest absolute Gasteiger partial charge is 0.307 e. The Morgan fingerprint density at radius 1 is 0.829 bits per heavy atom. The fourth-order valence-corrected chi connectivity index (χ4v) is 5.36. The maximum absolute atomic E-state index is 12.4. The molecule has 0 aliphatic heterocycles. The molecule has 2 aliphatic carbocycles. The molecule has 2 aliphatic rings. The van der Waals surface area contributed by atoms with E-state index in [9.17, 15) is 34.2 Å². The van der Waals surface area contributed by atoms with Gasteiger partial charge in [0, 0.05) is 52.5 Å². The average molecular weight is 581 g/mol. The van der Waals surface area contributed by atoms with Gasteiger partial charge in [0.05, 0.1) is 12.7 Å². The lowest BCUT2D eigenvalue weighted by atomic mass is 9.62. The van der Waals surface area contributed by atoms with Gasteiger partial charge in [-0.05, 0) is 42.1 Å². The number of esters is 5. The zero-order chi connectivity index (χ0) is 31.2. The molecule has 12 nitrogen and oxygen atoms in total. The minimum absolute atomic E-state index is 0.0864. The second-order valence-corrected chi connectivity index (χ2v) is 10.8. The Labute approximate surface area is 239 Å². The van der Waals surface area contributed by atoms with Crippen LogP contribution in [0.1, 0.15) is 68.2 Å². The third kappa shape index (κ3) is 8.74. The van der Waals surface area contributed by atoms with E-state index in [0.29, 0.717) is 5.57 Å². The molecule has 0 heterocycles. The summed E-state index contributed by atoms with van der Waals surface area (Å²) in [7, 11) is 0. The summed E-state index contributed by atoms with van der Waals surface area (Å²) in [5, 5.41) is 21.3. The zero-order valence-electron chi connectivity index (χ0n) is 24.7. The fraction of sp³-hybridized carbons (Fsp3) is 0.621. The summed E-state index contributed by atoms with van der Waals surface area (Å²) < 4.78 is 28.0. The van der Waals surface area contributed by atoms with Crippen LogP contribution >= 0.6 is 0 Å². The zero-order valence-corrected chi connectivity index (χ0v) is 24.7. The standard InChI is InChI=1S/C29H40O12/c1-14-25(38-16(3)32)12-24(36)20(13-30)9-26(39-17(4)33)22-10-21(37-15(2)31)11-23(29(22,7)8)28(41-19(6)35)27(14)40-18(5)34/h9,11,21-22,24-26,28,30,36H,10,12-13H2,1-8H3. The highest BCUT2D eigenvalue weighted by atomic mass is 16.6. The third-order valence-corrected chi connectivity index (χ3v) is 7.20. The molecular weight excluding hydrogens is 540 g/mol. The molecule has 0 fully saturated rings. The van der Waals surface area contributed by atoms with E-state index >= 15 is 0 Å². The van der Waals surface area contributed by atoms with Crippen molar-refractivity contribution in [2.45, 2.75) is 98.8 Å². The number of hydrogen-bond donors (Lipinski definition) is 2. The van der Waals surface area contributed by atoms with Gasteiger partial charge >= 0.3 is 29.8 Å². The van der Waals surface area contributed by atoms with Gasteiger partial charge in [0.1, 0.15) is 18.3 Å². The first-order valence-corrected chi connectivity index (χ1v) is 13.3. The summed E-state index contributed by atoms with van der Waals surface area (Å²) in [5.41, 5.74) is -0.383. The van der Waals surface area contributed by atoms with Crippen molar-refractivity contribution in [3.63, 3.8) is 0 Å². The van der Waals surface area contributed by atoms with E-state index in [-0.39, 0.29) is 29.7 Å². The molecule has 0 aromatic rings. The van der Waals surface area contributed by atoms with Crippen molar-refractivity contribution >= 4 is 29.8 Å². The molecule has 0 aromatic heterocycles. The molecule has 12 heteroatoms. The number of ether oxygens (including phenoxy) is 5. The van der Waals surface area contributed by atoms with E-state index in [1.54, 1.807) is 19.9 Å². The second-order valence-electron chi connectivity index (χ2n) is 10.8. The molecule has 6 unspecified atom stereocenters. The Morgan fingerprint density at radius 2 is 1.39 bits per heavy atom. The molecule has 228 valence electrons. The van der Waals surface area contributed by atoms with Gasteiger partial charge in [0.2, 0.25) is 0 Å². The first kappa shape index (κ1) is 33.7. The molecular formula is C29H40O12. The van der Waals surface area contributed by atoms with Crippen molar-refractivity contribution in [1.29, 1.82) is 0 Å². The number of rotatable bonds is 6. The topological polar surface area (TPSA) is 172 Å². The van der Waals surface area contributed by atoms with Crippen LogP contribution in [0.25, 0.3) is 0 Å². The fourth-order valence-electron chi connectivity index (χ4n) is 5.36. The van der Waals surface area contributed by atoms with E-state index in [0.717, 1.165) is 13.8 Å². The van der Waals surface area contributed by atoms with Gasteiger partial charge < -0.3 is 33.9 Å². The first-order valence-electron chi connectivity index (χ1n) is 13.3.